The van der Waals surface area contributed by atoms with Crippen LogP contribution >= 0.6 is 0 Å². The number of hydrogen-bond donors (Lipinski definition) is 2. The number of hydrogen-bond acceptors (Lipinski definition) is 4. The van der Waals surface area contributed by atoms with Crippen LogP contribution in [0.2, 0.25) is 0 Å². The Bertz CT molecular complexity index is 823. The first-order valence-electron chi connectivity index (χ1n) is 6.02. The molecule has 20 heavy (non-hydrogen) atoms. The molecule has 0 aliphatic carbocycles. The van der Waals surface area contributed by atoms with E-state index in [-0.39, 0.29) is 11.6 Å². The second-order valence-electron chi connectivity index (χ2n) is 4.51. The van der Waals surface area contributed by atoms with Crippen LogP contribution in [-0.4, -0.2) is 25.7 Å². The summed E-state index contributed by atoms with van der Waals surface area (Å²) in [4.78, 5) is 15.3. The zero-order valence-electron chi connectivity index (χ0n) is 10.7. The van der Waals surface area contributed by atoms with Crippen LogP contribution in [0.15, 0.2) is 36.4 Å². The van der Waals surface area contributed by atoms with Crippen molar-refractivity contribution >= 4 is 17.6 Å². The molecular formula is C14H12N4O2. The summed E-state index contributed by atoms with van der Waals surface area (Å²) in [5.41, 5.74) is 8.91. The number of fused-ring (bicyclic) bond motifs is 1. The van der Waals surface area contributed by atoms with Crippen molar-refractivity contribution in [2.24, 2.45) is 0 Å². The number of carboxylic acid groups (broad SMARTS) is 1. The van der Waals surface area contributed by atoms with E-state index >= 15 is 0 Å². The van der Waals surface area contributed by atoms with Gasteiger partial charge in [-0.25, -0.2) is 9.31 Å². The van der Waals surface area contributed by atoms with E-state index in [4.69, 9.17) is 10.8 Å². The molecule has 0 aliphatic rings. The fourth-order valence-corrected chi connectivity index (χ4v) is 2.18. The van der Waals surface area contributed by atoms with Crippen molar-refractivity contribution in [1.82, 2.24) is 14.6 Å². The Hall–Kier alpha value is -2.89. The van der Waals surface area contributed by atoms with Gasteiger partial charge in [-0.2, -0.15) is 4.98 Å². The molecule has 0 amide bonds. The Labute approximate surface area is 114 Å². The maximum Gasteiger partial charge on any atom is 0.354 e. The lowest BCUT2D eigenvalue weighted by atomic mass is 10.0. The maximum absolute atomic E-state index is 11.2. The van der Waals surface area contributed by atoms with E-state index in [9.17, 15) is 4.79 Å². The number of nitrogens with two attached hydrogens (primary N) is 1. The van der Waals surface area contributed by atoms with Gasteiger partial charge >= 0.3 is 5.97 Å². The van der Waals surface area contributed by atoms with E-state index in [1.807, 2.05) is 31.2 Å². The average Bonchev–Trinajstić information content (AvgIpc) is 2.78. The van der Waals surface area contributed by atoms with Crippen LogP contribution in [-0.2, 0) is 0 Å². The summed E-state index contributed by atoms with van der Waals surface area (Å²) in [7, 11) is 0. The molecule has 100 valence electrons. The minimum Gasteiger partial charge on any atom is -0.477 e. The van der Waals surface area contributed by atoms with Crippen LogP contribution in [0.25, 0.3) is 16.8 Å². The fourth-order valence-electron chi connectivity index (χ4n) is 2.18. The van der Waals surface area contributed by atoms with Crippen LogP contribution < -0.4 is 5.73 Å². The Balaban J connectivity index is 2.33. The lowest BCUT2D eigenvalue weighted by molar-refractivity contribution is 0.0687. The molecule has 6 heteroatoms. The molecule has 0 atom stereocenters. The molecular weight excluding hydrogens is 256 g/mol. The Kier molecular flexibility index (Phi) is 2.64. The van der Waals surface area contributed by atoms with Gasteiger partial charge in [-0.3, -0.25) is 0 Å². The predicted molar refractivity (Wildman–Crippen MR) is 74.5 cm³/mol. The molecule has 1 aromatic carbocycles. The van der Waals surface area contributed by atoms with E-state index in [2.05, 4.69) is 10.1 Å². The van der Waals surface area contributed by atoms with Crippen LogP contribution in [0, 0.1) is 6.92 Å². The van der Waals surface area contributed by atoms with Crippen molar-refractivity contribution in [2.75, 3.05) is 5.73 Å². The summed E-state index contributed by atoms with van der Waals surface area (Å²) in [6.45, 7) is 1.99. The van der Waals surface area contributed by atoms with Crippen LogP contribution in [0.5, 0.6) is 0 Å². The van der Waals surface area contributed by atoms with Crippen molar-refractivity contribution in [3.05, 3.63) is 47.7 Å². The van der Waals surface area contributed by atoms with Crippen molar-refractivity contribution in [1.29, 1.82) is 0 Å². The predicted octanol–water partition coefficient (Wildman–Crippen LogP) is 1.99. The second-order valence-corrected chi connectivity index (χ2v) is 4.51. The van der Waals surface area contributed by atoms with E-state index in [1.54, 1.807) is 6.07 Å². The molecule has 2 heterocycles. The highest BCUT2D eigenvalue weighted by Gasteiger charge is 2.15. The largest absolute Gasteiger partial charge is 0.477 e. The molecule has 0 saturated heterocycles. The van der Waals surface area contributed by atoms with Gasteiger partial charge in [-0.1, -0.05) is 29.8 Å². The molecule has 3 rings (SSSR count). The molecule has 0 saturated carbocycles. The third-order valence-electron chi connectivity index (χ3n) is 3.05. The van der Waals surface area contributed by atoms with Crippen LogP contribution in [0.3, 0.4) is 0 Å². The van der Waals surface area contributed by atoms with Gasteiger partial charge in [0, 0.05) is 5.56 Å². The molecule has 6 nitrogen and oxygen atoms in total. The first kappa shape index (κ1) is 12.2. The molecule has 0 spiro atoms. The summed E-state index contributed by atoms with van der Waals surface area (Å²) in [5.74, 6) is -1.02. The van der Waals surface area contributed by atoms with Gasteiger partial charge in [-0.15, -0.1) is 5.10 Å². The van der Waals surface area contributed by atoms with Gasteiger partial charge in [0.05, 0.1) is 0 Å². The van der Waals surface area contributed by atoms with Crippen LogP contribution in [0.4, 0.5) is 5.95 Å². The molecule has 0 bridgehead atoms. The number of aryl methyl sites for hydroxylation is 1. The summed E-state index contributed by atoms with van der Waals surface area (Å²) in [6, 6.07) is 11.1. The first-order valence-corrected chi connectivity index (χ1v) is 6.02. The zero-order valence-corrected chi connectivity index (χ0v) is 10.7. The van der Waals surface area contributed by atoms with Gasteiger partial charge in [-0.05, 0) is 24.6 Å². The van der Waals surface area contributed by atoms with E-state index in [0.717, 1.165) is 16.7 Å². The number of carbonyl (C=O) groups is 1. The molecule has 0 radical (unpaired) electrons. The zero-order chi connectivity index (χ0) is 14.3. The smallest absolute Gasteiger partial charge is 0.354 e. The van der Waals surface area contributed by atoms with Gasteiger partial charge in [0.2, 0.25) is 5.95 Å². The topological polar surface area (TPSA) is 93.5 Å². The summed E-state index contributed by atoms with van der Waals surface area (Å²) >= 11 is 0. The minimum atomic E-state index is -1.07. The lowest BCUT2D eigenvalue weighted by Crippen LogP contribution is -2.07. The summed E-state index contributed by atoms with van der Waals surface area (Å²) in [5, 5.41) is 13.1. The molecule has 0 unspecified atom stereocenters. The number of aromatic carboxylic acids is 1. The monoisotopic (exact) mass is 268 g/mol. The van der Waals surface area contributed by atoms with Crippen molar-refractivity contribution in [2.45, 2.75) is 6.92 Å². The Morgan fingerprint density at radius 3 is 2.80 bits per heavy atom. The number of benzene rings is 1. The van der Waals surface area contributed by atoms with Crippen molar-refractivity contribution in [3.63, 3.8) is 0 Å². The SMILES string of the molecule is Cc1cccc(-c2ccc(C(=O)O)n3nc(N)nc23)c1. The molecule has 0 fully saturated rings. The summed E-state index contributed by atoms with van der Waals surface area (Å²) in [6.07, 6.45) is 0. The van der Waals surface area contributed by atoms with Crippen molar-refractivity contribution < 1.29 is 9.90 Å². The highest BCUT2D eigenvalue weighted by molar-refractivity contribution is 5.89. The maximum atomic E-state index is 11.2. The fraction of sp³-hybridized carbons (Fsp3) is 0.0714. The quantitative estimate of drug-likeness (QED) is 0.741. The van der Waals surface area contributed by atoms with Gasteiger partial charge in [0.1, 0.15) is 0 Å². The first-order chi connectivity index (χ1) is 9.56. The van der Waals surface area contributed by atoms with E-state index in [1.165, 1.54) is 10.6 Å². The standard InChI is InChI=1S/C14H12N4O2/c1-8-3-2-4-9(7-8)10-5-6-11(13(19)20)18-12(10)16-14(15)17-18/h2-7H,1H3,(H2,15,17)(H,19,20). The van der Waals surface area contributed by atoms with Crippen LogP contribution in [0.1, 0.15) is 16.1 Å². The second kappa shape index (κ2) is 4.34. The Morgan fingerprint density at radius 2 is 2.10 bits per heavy atom. The highest BCUT2D eigenvalue weighted by Crippen LogP contribution is 2.25. The molecule has 3 aromatic rings. The third kappa shape index (κ3) is 1.87. The summed E-state index contributed by atoms with van der Waals surface area (Å²) < 4.78 is 1.26. The highest BCUT2D eigenvalue weighted by atomic mass is 16.4. The molecule has 2 aromatic heterocycles. The molecule has 3 N–H and O–H groups in total. The average molecular weight is 268 g/mol. The van der Waals surface area contributed by atoms with E-state index in [0.29, 0.717) is 5.65 Å². The number of carboxylic acids is 1. The molecule has 0 aliphatic heterocycles. The minimum absolute atomic E-state index is 0.0283. The van der Waals surface area contributed by atoms with Crippen molar-refractivity contribution in [3.8, 4) is 11.1 Å². The number of nitrogen functional groups attached to an aromatic ring is 1. The normalized spacial score (nSPS) is 10.8. The number of nitrogens with zero attached hydrogens (tertiary/aromatic N) is 3. The number of aromatic nitrogens is 3. The number of anilines is 1. The lowest BCUT2D eigenvalue weighted by Gasteiger charge is -2.06. The third-order valence-corrected chi connectivity index (χ3v) is 3.05. The van der Waals surface area contributed by atoms with Gasteiger partial charge in [0.15, 0.2) is 11.3 Å². The number of rotatable bonds is 2. The number of pyridine rings is 1. The van der Waals surface area contributed by atoms with Gasteiger partial charge in [0.25, 0.3) is 0 Å². The Morgan fingerprint density at radius 1 is 1.30 bits per heavy atom. The van der Waals surface area contributed by atoms with E-state index < -0.39 is 5.97 Å². The van der Waals surface area contributed by atoms with Gasteiger partial charge < -0.3 is 10.8 Å².